The first-order valence-corrected chi connectivity index (χ1v) is 13.6. The molecule has 4 rings (SSSR count). The normalized spacial score (nSPS) is 23.3. The van der Waals surface area contributed by atoms with Crippen LogP contribution in [0.3, 0.4) is 0 Å². The predicted molar refractivity (Wildman–Crippen MR) is 135 cm³/mol. The fourth-order valence-electron chi connectivity index (χ4n) is 4.78. The second-order valence-corrected chi connectivity index (χ2v) is 10.5. The summed E-state index contributed by atoms with van der Waals surface area (Å²) in [6.45, 7) is 2.52. The first-order valence-electron chi connectivity index (χ1n) is 12.6. The molecule has 1 aliphatic carbocycles. The number of fused-ring (bicyclic) bond motifs is 1. The molecular formula is C27H38N2O4S. The van der Waals surface area contributed by atoms with Gasteiger partial charge in [0.15, 0.2) is 0 Å². The number of para-hydroxylation sites is 1. The number of amides is 1. The Bertz CT molecular complexity index is 915. The standard InChI is InChI=1S/C27H38N2O4S/c1-28(22-9-6-10-22)27(32)23-11-5-8-21-7-3-2-4-14-29(17-20-13-16-34-19-20)15-12-24(30)25(31)18-33-26(21)23/h5,8,11,13,16,19,22,24-25,30-31H,2-4,6-7,9-10,12,14-15,17-18H2,1H3/t24-,25+/m0/s1. The zero-order valence-electron chi connectivity index (χ0n) is 20.2. The first kappa shape index (κ1) is 25.2. The molecule has 34 heavy (non-hydrogen) atoms. The molecule has 2 heterocycles. The van der Waals surface area contributed by atoms with E-state index in [0.717, 1.165) is 63.7 Å². The summed E-state index contributed by atoms with van der Waals surface area (Å²) >= 11 is 1.70. The number of hydrogen-bond donors (Lipinski definition) is 2. The SMILES string of the molecule is CN(C(=O)c1cccc2c1OC[C@@H](O)[C@@H](O)CCN(Cc1ccsc1)CCCCC2)C1CCC1. The van der Waals surface area contributed by atoms with E-state index in [0.29, 0.717) is 23.8 Å². The Hall–Kier alpha value is -1.93. The van der Waals surface area contributed by atoms with E-state index in [1.807, 2.05) is 30.1 Å². The van der Waals surface area contributed by atoms with Crippen molar-refractivity contribution in [3.63, 3.8) is 0 Å². The fraction of sp³-hybridized carbons (Fsp3) is 0.593. The lowest BCUT2D eigenvalue weighted by atomic mass is 9.91. The molecule has 1 aliphatic heterocycles. The molecule has 1 fully saturated rings. The van der Waals surface area contributed by atoms with E-state index in [4.69, 9.17) is 4.74 Å². The van der Waals surface area contributed by atoms with E-state index in [9.17, 15) is 15.0 Å². The first-order chi connectivity index (χ1) is 16.5. The number of benzene rings is 1. The molecule has 2 aromatic rings. The van der Waals surface area contributed by atoms with Crippen molar-refractivity contribution in [1.29, 1.82) is 0 Å². The van der Waals surface area contributed by atoms with Crippen molar-refractivity contribution in [2.75, 3.05) is 26.7 Å². The van der Waals surface area contributed by atoms with E-state index >= 15 is 0 Å². The van der Waals surface area contributed by atoms with Gasteiger partial charge in [-0.1, -0.05) is 18.6 Å². The molecule has 1 aromatic carbocycles. The summed E-state index contributed by atoms with van der Waals surface area (Å²) in [6.07, 6.45) is 5.86. The Morgan fingerprint density at radius 3 is 2.68 bits per heavy atom. The summed E-state index contributed by atoms with van der Waals surface area (Å²) in [5.74, 6) is 0.544. The fourth-order valence-corrected chi connectivity index (χ4v) is 5.44. The molecule has 1 amide bonds. The zero-order valence-corrected chi connectivity index (χ0v) is 21.0. The monoisotopic (exact) mass is 486 g/mol. The average Bonchev–Trinajstić information content (AvgIpc) is 3.31. The Kier molecular flexibility index (Phi) is 9.00. The highest BCUT2D eigenvalue weighted by Crippen LogP contribution is 2.31. The number of hydrogen-bond acceptors (Lipinski definition) is 6. The largest absolute Gasteiger partial charge is 0.490 e. The van der Waals surface area contributed by atoms with E-state index in [2.05, 4.69) is 21.7 Å². The van der Waals surface area contributed by atoms with Crippen LogP contribution in [0.25, 0.3) is 0 Å². The smallest absolute Gasteiger partial charge is 0.257 e. The topological polar surface area (TPSA) is 73.2 Å². The van der Waals surface area contributed by atoms with Gasteiger partial charge in [-0.15, -0.1) is 0 Å². The number of rotatable bonds is 4. The number of aliphatic hydroxyl groups excluding tert-OH is 2. The van der Waals surface area contributed by atoms with Gasteiger partial charge in [-0.3, -0.25) is 9.69 Å². The van der Waals surface area contributed by atoms with Crippen LogP contribution in [0, 0.1) is 0 Å². The van der Waals surface area contributed by atoms with Gasteiger partial charge in [0.25, 0.3) is 5.91 Å². The highest BCUT2D eigenvalue weighted by atomic mass is 32.1. The number of thiophene rings is 1. The highest BCUT2D eigenvalue weighted by molar-refractivity contribution is 7.07. The van der Waals surface area contributed by atoms with Crippen molar-refractivity contribution in [2.24, 2.45) is 0 Å². The summed E-state index contributed by atoms with van der Waals surface area (Å²) < 4.78 is 6.09. The molecule has 0 saturated heterocycles. The van der Waals surface area contributed by atoms with Crippen LogP contribution in [0.5, 0.6) is 5.75 Å². The second-order valence-electron chi connectivity index (χ2n) is 9.75. The molecule has 1 saturated carbocycles. The second kappa shape index (κ2) is 12.2. The van der Waals surface area contributed by atoms with Crippen molar-refractivity contribution >= 4 is 17.2 Å². The van der Waals surface area contributed by atoms with Gasteiger partial charge in [-0.25, -0.2) is 0 Å². The molecular weight excluding hydrogens is 448 g/mol. The molecule has 7 heteroatoms. The molecule has 0 radical (unpaired) electrons. The van der Waals surface area contributed by atoms with Crippen molar-refractivity contribution in [3.05, 3.63) is 51.7 Å². The van der Waals surface area contributed by atoms with Gasteiger partial charge in [-0.05, 0) is 85.5 Å². The van der Waals surface area contributed by atoms with Gasteiger partial charge in [-0.2, -0.15) is 11.3 Å². The van der Waals surface area contributed by atoms with Gasteiger partial charge in [0.1, 0.15) is 18.5 Å². The molecule has 186 valence electrons. The molecule has 0 spiro atoms. The predicted octanol–water partition coefficient (Wildman–Crippen LogP) is 4.09. The quantitative estimate of drug-likeness (QED) is 0.681. The third-order valence-electron chi connectivity index (χ3n) is 7.26. The van der Waals surface area contributed by atoms with Crippen molar-refractivity contribution < 1.29 is 19.7 Å². The van der Waals surface area contributed by atoms with Crippen LogP contribution in [0.4, 0.5) is 0 Å². The van der Waals surface area contributed by atoms with E-state index < -0.39 is 12.2 Å². The van der Waals surface area contributed by atoms with Crippen molar-refractivity contribution in [3.8, 4) is 5.75 Å². The van der Waals surface area contributed by atoms with Crippen LogP contribution in [0.15, 0.2) is 35.0 Å². The summed E-state index contributed by atoms with van der Waals surface area (Å²) in [5.41, 5.74) is 2.85. The van der Waals surface area contributed by atoms with Gasteiger partial charge < -0.3 is 19.8 Å². The van der Waals surface area contributed by atoms with Crippen LogP contribution in [0.1, 0.15) is 66.4 Å². The maximum absolute atomic E-state index is 13.3. The van der Waals surface area contributed by atoms with E-state index in [1.54, 1.807) is 11.3 Å². The Labute approximate surface area is 207 Å². The molecule has 2 N–H and O–H groups in total. The minimum atomic E-state index is -1.01. The van der Waals surface area contributed by atoms with Gasteiger partial charge >= 0.3 is 0 Å². The van der Waals surface area contributed by atoms with Crippen LogP contribution in [-0.2, 0) is 13.0 Å². The number of nitrogens with zero attached hydrogens (tertiary/aromatic N) is 2. The summed E-state index contributed by atoms with van der Waals surface area (Å²) in [6, 6.07) is 8.22. The number of aryl methyl sites for hydroxylation is 1. The maximum atomic E-state index is 13.3. The van der Waals surface area contributed by atoms with Gasteiger partial charge in [0, 0.05) is 26.2 Å². The minimum Gasteiger partial charge on any atom is -0.490 e. The Balaban J connectivity index is 1.48. The molecule has 2 aliphatic rings. The third-order valence-corrected chi connectivity index (χ3v) is 7.99. The lowest BCUT2D eigenvalue weighted by Crippen LogP contribution is -2.41. The highest BCUT2D eigenvalue weighted by Gasteiger charge is 2.29. The number of carbonyl (C=O) groups excluding carboxylic acids is 1. The van der Waals surface area contributed by atoms with Crippen LogP contribution < -0.4 is 4.74 Å². The summed E-state index contributed by atoms with van der Waals surface area (Å²) in [5, 5.41) is 25.5. The average molecular weight is 487 g/mol. The molecule has 1 aromatic heterocycles. The van der Waals surface area contributed by atoms with Crippen LogP contribution >= 0.6 is 11.3 Å². The Morgan fingerprint density at radius 2 is 1.94 bits per heavy atom. The Morgan fingerprint density at radius 1 is 1.09 bits per heavy atom. The summed E-state index contributed by atoms with van der Waals surface area (Å²) in [7, 11) is 1.87. The molecule has 6 nitrogen and oxygen atoms in total. The molecule has 2 atom stereocenters. The minimum absolute atomic E-state index is 0.0261. The lowest BCUT2D eigenvalue weighted by molar-refractivity contribution is -0.0165. The van der Waals surface area contributed by atoms with Crippen molar-refractivity contribution in [2.45, 2.75) is 76.2 Å². The number of ether oxygens (including phenoxy) is 1. The zero-order chi connectivity index (χ0) is 23.9. The van der Waals surface area contributed by atoms with Gasteiger partial charge in [0.2, 0.25) is 0 Å². The maximum Gasteiger partial charge on any atom is 0.257 e. The molecule has 0 unspecified atom stereocenters. The van der Waals surface area contributed by atoms with Gasteiger partial charge in [0.05, 0.1) is 11.7 Å². The van der Waals surface area contributed by atoms with Crippen LogP contribution in [0.2, 0.25) is 0 Å². The molecule has 0 bridgehead atoms. The number of aliphatic hydroxyl groups is 2. The summed E-state index contributed by atoms with van der Waals surface area (Å²) in [4.78, 5) is 17.5. The number of carbonyl (C=O) groups is 1. The lowest BCUT2D eigenvalue weighted by Gasteiger charge is -2.35. The van der Waals surface area contributed by atoms with Crippen molar-refractivity contribution in [1.82, 2.24) is 9.80 Å². The van der Waals surface area contributed by atoms with Crippen LogP contribution in [-0.4, -0.2) is 70.9 Å². The third kappa shape index (κ3) is 6.39. The van der Waals surface area contributed by atoms with E-state index in [1.165, 1.54) is 12.0 Å². The van der Waals surface area contributed by atoms with E-state index in [-0.39, 0.29) is 12.5 Å².